The van der Waals surface area contributed by atoms with Crippen LogP contribution in [0.15, 0.2) is 0 Å². The predicted molar refractivity (Wildman–Crippen MR) is 97.5 cm³/mol. The molecule has 0 saturated heterocycles. The Bertz CT molecular complexity index is 201. The van der Waals surface area contributed by atoms with Crippen LogP contribution >= 0.6 is 0 Å². The minimum Gasteiger partial charge on any atom is -0.389 e. The molecule has 22 heavy (non-hydrogen) atoms. The molecule has 5 nitrogen and oxygen atoms in total. The summed E-state index contributed by atoms with van der Waals surface area (Å²) in [5.74, 6) is 0. The van der Waals surface area contributed by atoms with E-state index in [1.54, 1.807) is 7.11 Å². The lowest BCUT2D eigenvalue weighted by Crippen LogP contribution is -2.46. The fourth-order valence-electron chi connectivity index (χ4n) is 1.70. The lowest BCUT2D eigenvalue weighted by Gasteiger charge is -2.28. The fourth-order valence-corrected chi connectivity index (χ4v) is 4.80. The van der Waals surface area contributed by atoms with E-state index in [0.717, 1.165) is 24.4 Å². The smallest absolute Gasteiger partial charge is 0.389 e. The Morgan fingerprint density at radius 3 is 1.64 bits per heavy atom. The molecular formula is C15H38O5Si2. The third-order valence-corrected chi connectivity index (χ3v) is 7.55. The molecule has 0 aliphatic rings. The summed E-state index contributed by atoms with van der Waals surface area (Å²) < 4.78 is 27.3. The molecule has 0 unspecified atom stereocenters. The first-order chi connectivity index (χ1) is 10.5. The van der Waals surface area contributed by atoms with E-state index in [9.17, 15) is 0 Å². The predicted octanol–water partition coefficient (Wildman–Crippen LogP) is 2.66. The molecule has 0 aromatic heterocycles. The van der Waals surface area contributed by atoms with Gasteiger partial charge in [-0.05, 0) is 27.7 Å². The van der Waals surface area contributed by atoms with Crippen LogP contribution in [0.5, 0.6) is 0 Å². The Hall–Kier alpha value is 0.234. The van der Waals surface area contributed by atoms with Crippen molar-refractivity contribution in [2.75, 3.05) is 46.4 Å². The summed E-state index contributed by atoms with van der Waals surface area (Å²) in [5.41, 5.74) is 0.917. The van der Waals surface area contributed by atoms with Crippen LogP contribution in [0.25, 0.3) is 0 Å². The summed E-state index contributed by atoms with van der Waals surface area (Å²) in [7, 11) is -0.561. The molecule has 0 radical (unpaired) electrons. The average molecular weight is 355 g/mol. The summed E-state index contributed by atoms with van der Waals surface area (Å²) in [6.45, 7) is 15.6. The van der Waals surface area contributed by atoms with E-state index in [-0.39, 0.29) is 9.52 Å². The summed E-state index contributed by atoms with van der Waals surface area (Å²) >= 11 is 0. The van der Waals surface area contributed by atoms with Crippen LogP contribution in [0.1, 0.15) is 41.5 Å². The molecule has 0 aliphatic carbocycles. The van der Waals surface area contributed by atoms with Gasteiger partial charge in [-0.15, -0.1) is 0 Å². The maximum absolute atomic E-state index is 5.67. The standard InChI is InChI=1S/C10H24O4Si.C5H14OSi/c1-5-11-9-10-15(12-6-2,13-7-3)14-8-4;1-5(2)7-4-6-3/h5-10H2,1-4H3;5H,4,7H2,1-3H3. The normalized spacial score (nSPS) is 12.0. The van der Waals surface area contributed by atoms with Crippen molar-refractivity contribution in [1.82, 2.24) is 0 Å². The third-order valence-electron chi connectivity index (χ3n) is 2.75. The zero-order valence-electron chi connectivity index (χ0n) is 15.8. The van der Waals surface area contributed by atoms with Gasteiger partial charge in [-0.1, -0.05) is 19.4 Å². The van der Waals surface area contributed by atoms with E-state index in [1.165, 1.54) is 0 Å². The van der Waals surface area contributed by atoms with Gasteiger partial charge in [0.05, 0.1) is 16.1 Å². The molecule has 0 bridgehead atoms. The SMILES string of the molecule is CCOCC[Si](OCC)(OCC)OCC.COC[SiH2]C(C)C. The van der Waals surface area contributed by atoms with Crippen LogP contribution in [0.2, 0.25) is 11.6 Å². The highest BCUT2D eigenvalue weighted by Crippen LogP contribution is 2.15. The number of methoxy groups -OCH3 is 1. The third kappa shape index (κ3) is 15.1. The minimum atomic E-state index is -2.46. The zero-order valence-corrected chi connectivity index (χ0v) is 18.2. The minimum absolute atomic E-state index is 0.124. The van der Waals surface area contributed by atoms with Crippen molar-refractivity contribution in [3.8, 4) is 0 Å². The van der Waals surface area contributed by atoms with Gasteiger partial charge in [0.25, 0.3) is 0 Å². The first kappa shape index (κ1) is 24.5. The van der Waals surface area contributed by atoms with Crippen molar-refractivity contribution in [2.45, 2.75) is 53.1 Å². The Morgan fingerprint density at radius 2 is 1.36 bits per heavy atom. The first-order valence-electron chi connectivity index (χ1n) is 8.50. The van der Waals surface area contributed by atoms with E-state index in [4.69, 9.17) is 22.8 Å². The molecule has 0 aliphatic heterocycles. The molecule has 0 heterocycles. The molecule has 0 fully saturated rings. The van der Waals surface area contributed by atoms with Gasteiger partial charge in [0.1, 0.15) is 0 Å². The molecule has 0 saturated carbocycles. The van der Waals surface area contributed by atoms with E-state index in [0.29, 0.717) is 26.4 Å². The van der Waals surface area contributed by atoms with Crippen LogP contribution in [0.4, 0.5) is 0 Å². The van der Waals surface area contributed by atoms with Gasteiger partial charge in [0.2, 0.25) is 0 Å². The summed E-state index contributed by atoms with van der Waals surface area (Å²) in [6, 6.07) is 0.732. The van der Waals surface area contributed by atoms with E-state index in [2.05, 4.69) is 13.8 Å². The van der Waals surface area contributed by atoms with Gasteiger partial charge in [-0.25, -0.2) is 0 Å². The lowest BCUT2D eigenvalue weighted by atomic mass is 10.6. The fraction of sp³-hybridized carbons (Fsp3) is 1.00. The summed E-state index contributed by atoms with van der Waals surface area (Å²) in [4.78, 5) is 0. The summed E-state index contributed by atoms with van der Waals surface area (Å²) in [6.07, 6.45) is 1.04. The van der Waals surface area contributed by atoms with Crippen molar-refractivity contribution < 1.29 is 22.8 Å². The highest BCUT2D eigenvalue weighted by Gasteiger charge is 2.39. The van der Waals surface area contributed by atoms with Crippen molar-refractivity contribution in [2.24, 2.45) is 0 Å². The molecule has 0 spiro atoms. The molecule has 0 aromatic carbocycles. The second-order valence-electron chi connectivity index (χ2n) is 5.10. The Kier molecular flexibility index (Phi) is 19.6. The Morgan fingerprint density at radius 1 is 0.864 bits per heavy atom. The monoisotopic (exact) mass is 354 g/mol. The van der Waals surface area contributed by atoms with Crippen LogP contribution in [0.3, 0.4) is 0 Å². The van der Waals surface area contributed by atoms with Gasteiger partial charge in [-0.3, -0.25) is 0 Å². The molecular weight excluding hydrogens is 316 g/mol. The Balaban J connectivity index is 0. The maximum atomic E-state index is 5.67. The molecule has 7 heteroatoms. The van der Waals surface area contributed by atoms with Gasteiger partial charge < -0.3 is 22.8 Å². The van der Waals surface area contributed by atoms with Gasteiger partial charge in [0, 0.05) is 45.8 Å². The molecule has 0 rings (SSSR count). The second-order valence-corrected chi connectivity index (χ2v) is 10.5. The van der Waals surface area contributed by atoms with E-state index in [1.807, 2.05) is 27.7 Å². The number of ether oxygens (including phenoxy) is 2. The van der Waals surface area contributed by atoms with Crippen molar-refractivity contribution in [1.29, 1.82) is 0 Å². The van der Waals surface area contributed by atoms with Crippen molar-refractivity contribution in [3.63, 3.8) is 0 Å². The first-order valence-corrected chi connectivity index (χ1v) is 12.2. The molecule has 136 valence electrons. The maximum Gasteiger partial charge on any atom is 0.503 e. The molecule has 0 aromatic rings. The highest BCUT2D eigenvalue weighted by molar-refractivity contribution is 6.60. The van der Waals surface area contributed by atoms with E-state index >= 15 is 0 Å². The number of rotatable bonds is 13. The molecule has 0 atom stereocenters. The van der Waals surface area contributed by atoms with Crippen molar-refractivity contribution >= 4 is 18.3 Å². The Labute approximate surface area is 141 Å². The second kappa shape index (κ2) is 17.6. The van der Waals surface area contributed by atoms with Gasteiger partial charge in [-0.2, -0.15) is 0 Å². The topological polar surface area (TPSA) is 46.2 Å². The van der Waals surface area contributed by atoms with E-state index < -0.39 is 8.80 Å². The average Bonchev–Trinajstić information content (AvgIpc) is 2.47. The summed E-state index contributed by atoms with van der Waals surface area (Å²) in [5, 5.41) is 0. The number of hydrogen-bond acceptors (Lipinski definition) is 5. The number of hydrogen-bond donors (Lipinski definition) is 0. The van der Waals surface area contributed by atoms with Crippen LogP contribution in [-0.2, 0) is 22.8 Å². The van der Waals surface area contributed by atoms with Crippen LogP contribution < -0.4 is 0 Å². The largest absolute Gasteiger partial charge is 0.503 e. The van der Waals surface area contributed by atoms with Crippen LogP contribution in [0, 0.1) is 0 Å². The van der Waals surface area contributed by atoms with Gasteiger partial charge in [0.15, 0.2) is 0 Å². The highest BCUT2D eigenvalue weighted by atomic mass is 28.4. The zero-order chi connectivity index (χ0) is 17.3. The molecule has 0 N–H and O–H groups in total. The molecule has 0 amide bonds. The quantitative estimate of drug-likeness (QED) is 0.376. The van der Waals surface area contributed by atoms with Crippen LogP contribution in [-0.4, -0.2) is 64.7 Å². The lowest BCUT2D eigenvalue weighted by molar-refractivity contribution is 0.0593. The van der Waals surface area contributed by atoms with Gasteiger partial charge >= 0.3 is 8.80 Å². The van der Waals surface area contributed by atoms with Crippen molar-refractivity contribution in [3.05, 3.63) is 0 Å².